The van der Waals surface area contributed by atoms with E-state index < -0.39 is 5.60 Å². The van der Waals surface area contributed by atoms with Gasteiger partial charge in [-0.15, -0.1) is 11.3 Å². The summed E-state index contributed by atoms with van der Waals surface area (Å²) in [5.41, 5.74) is 0.240. The minimum absolute atomic E-state index is 0.00363. The van der Waals surface area contributed by atoms with E-state index in [-0.39, 0.29) is 12.0 Å². The minimum atomic E-state index is -0.551. The van der Waals surface area contributed by atoms with Gasteiger partial charge in [0, 0.05) is 12.5 Å². The van der Waals surface area contributed by atoms with Crippen LogP contribution in [0, 0.1) is 6.92 Å². The van der Waals surface area contributed by atoms with Gasteiger partial charge in [-0.2, -0.15) is 0 Å². The van der Waals surface area contributed by atoms with Crippen molar-refractivity contribution >= 4 is 23.3 Å². The van der Waals surface area contributed by atoms with Gasteiger partial charge in [-0.1, -0.05) is 13.8 Å². The van der Waals surface area contributed by atoms with Gasteiger partial charge in [0.2, 0.25) is 0 Å². The fourth-order valence-corrected chi connectivity index (χ4v) is 4.04. The van der Waals surface area contributed by atoms with Crippen LogP contribution in [0.15, 0.2) is 0 Å². The molecule has 1 atom stereocenters. The van der Waals surface area contributed by atoms with E-state index in [1.165, 1.54) is 11.3 Å². The van der Waals surface area contributed by atoms with Crippen LogP contribution in [-0.4, -0.2) is 47.1 Å². The lowest BCUT2D eigenvalue weighted by molar-refractivity contribution is -0.00490. The van der Waals surface area contributed by atoms with Gasteiger partial charge in [-0.3, -0.25) is 4.79 Å². The van der Waals surface area contributed by atoms with Crippen LogP contribution in [0.25, 0.3) is 0 Å². The summed E-state index contributed by atoms with van der Waals surface area (Å²) in [5.74, 6) is 0.321. The molecule has 2 aliphatic heterocycles. The van der Waals surface area contributed by atoms with Gasteiger partial charge in [0.1, 0.15) is 10.5 Å². The Hall–Kier alpha value is -1.63. The number of amides is 2. The summed E-state index contributed by atoms with van der Waals surface area (Å²) in [6, 6.07) is 0. The summed E-state index contributed by atoms with van der Waals surface area (Å²) in [7, 11) is 0. The number of nitrogens with one attached hydrogen (secondary N) is 1. The molecule has 1 aromatic heterocycles. The Balaban J connectivity index is 1.79. The predicted molar refractivity (Wildman–Crippen MR) is 83.3 cm³/mol. The molecule has 0 aliphatic carbocycles. The summed E-state index contributed by atoms with van der Waals surface area (Å²) in [4.78, 5) is 31.2. The molecular weight excluding hydrogens is 302 g/mol. The lowest BCUT2D eigenvalue weighted by Crippen LogP contribution is -2.52. The van der Waals surface area contributed by atoms with Gasteiger partial charge < -0.3 is 15.0 Å². The number of alkyl carbamates (subject to hydrolysis) is 1. The third-order valence-electron chi connectivity index (χ3n) is 4.19. The Morgan fingerprint density at radius 3 is 2.86 bits per heavy atom. The number of rotatable bonds is 2. The number of aryl methyl sites for hydroxylation is 1. The maximum Gasteiger partial charge on any atom is 0.407 e. The zero-order valence-corrected chi connectivity index (χ0v) is 14.0. The fraction of sp³-hybridized carbons (Fsp3) is 0.667. The molecule has 22 heavy (non-hydrogen) atoms. The van der Waals surface area contributed by atoms with Gasteiger partial charge in [0.05, 0.1) is 23.8 Å². The van der Waals surface area contributed by atoms with Crippen molar-refractivity contribution in [3.8, 4) is 0 Å². The second-order valence-electron chi connectivity index (χ2n) is 6.38. The first-order chi connectivity index (χ1) is 10.4. The van der Waals surface area contributed by atoms with Crippen molar-refractivity contribution in [3.63, 3.8) is 0 Å². The third kappa shape index (κ3) is 2.69. The molecule has 1 aromatic rings. The van der Waals surface area contributed by atoms with Crippen LogP contribution in [0.1, 0.15) is 53.0 Å². The molecule has 2 saturated heterocycles. The van der Waals surface area contributed by atoms with E-state index in [0.717, 1.165) is 23.5 Å². The standard InChI is InChI=1S/C15H21N3O3S/c1-9(2)12-17-10(3)11(22-12)13(19)18-6-4-5-15(8-18)7-16-14(20)21-15/h9H,4-8H2,1-3H3,(H,16,20)/t15-/m1/s1. The Kier molecular flexibility index (Phi) is 3.84. The number of ether oxygens (including phenoxy) is 1. The van der Waals surface area contributed by atoms with Gasteiger partial charge in [-0.25, -0.2) is 9.78 Å². The van der Waals surface area contributed by atoms with E-state index in [2.05, 4.69) is 24.1 Å². The smallest absolute Gasteiger partial charge is 0.407 e. The molecule has 2 aliphatic rings. The minimum Gasteiger partial charge on any atom is -0.439 e. The Morgan fingerprint density at radius 1 is 1.50 bits per heavy atom. The van der Waals surface area contributed by atoms with E-state index in [9.17, 15) is 9.59 Å². The Morgan fingerprint density at radius 2 is 2.27 bits per heavy atom. The number of carbonyl (C=O) groups excluding carboxylic acids is 2. The topological polar surface area (TPSA) is 71.5 Å². The summed E-state index contributed by atoms with van der Waals surface area (Å²) >= 11 is 1.48. The SMILES string of the molecule is Cc1nc(C(C)C)sc1C(=O)N1CCC[C@@]2(CNC(=O)O2)C1. The van der Waals surface area contributed by atoms with E-state index in [0.29, 0.717) is 30.4 Å². The monoisotopic (exact) mass is 323 g/mol. The first kappa shape index (κ1) is 15.3. The number of thiazole rings is 1. The quantitative estimate of drug-likeness (QED) is 0.906. The summed E-state index contributed by atoms with van der Waals surface area (Å²) in [6.45, 7) is 7.67. The number of aromatic nitrogens is 1. The summed E-state index contributed by atoms with van der Waals surface area (Å²) < 4.78 is 5.42. The molecule has 7 heteroatoms. The van der Waals surface area contributed by atoms with Crippen LogP contribution in [0.5, 0.6) is 0 Å². The zero-order valence-electron chi connectivity index (χ0n) is 13.1. The summed E-state index contributed by atoms with van der Waals surface area (Å²) in [6.07, 6.45) is 1.26. The molecule has 2 fully saturated rings. The van der Waals surface area contributed by atoms with E-state index in [1.807, 2.05) is 6.92 Å². The highest BCUT2D eigenvalue weighted by Gasteiger charge is 2.45. The summed E-state index contributed by atoms with van der Waals surface area (Å²) in [5, 5.41) is 3.69. The molecule has 3 rings (SSSR count). The largest absolute Gasteiger partial charge is 0.439 e. The molecule has 6 nitrogen and oxygen atoms in total. The van der Waals surface area contributed by atoms with Crippen LogP contribution in [0.2, 0.25) is 0 Å². The number of hydrogen-bond donors (Lipinski definition) is 1. The van der Waals surface area contributed by atoms with Crippen molar-refractivity contribution in [1.82, 2.24) is 15.2 Å². The van der Waals surface area contributed by atoms with E-state index >= 15 is 0 Å². The molecule has 0 saturated carbocycles. The third-order valence-corrected chi connectivity index (χ3v) is 5.64. The van der Waals surface area contributed by atoms with E-state index in [4.69, 9.17) is 4.74 Å². The number of likely N-dealkylation sites (tertiary alicyclic amines) is 1. The fourth-order valence-electron chi connectivity index (χ4n) is 3.01. The van der Waals surface area contributed by atoms with Crippen molar-refractivity contribution in [2.75, 3.05) is 19.6 Å². The molecule has 0 bridgehead atoms. The molecule has 0 aromatic carbocycles. The van der Waals surface area contributed by atoms with Crippen LogP contribution in [0.3, 0.4) is 0 Å². The second kappa shape index (κ2) is 5.53. The molecule has 1 N–H and O–H groups in total. The van der Waals surface area contributed by atoms with Crippen molar-refractivity contribution in [2.24, 2.45) is 0 Å². The van der Waals surface area contributed by atoms with Crippen molar-refractivity contribution in [3.05, 3.63) is 15.6 Å². The molecular formula is C15H21N3O3S. The lowest BCUT2D eigenvalue weighted by atomic mass is 9.93. The average molecular weight is 323 g/mol. The van der Waals surface area contributed by atoms with Gasteiger partial charge >= 0.3 is 6.09 Å². The Labute approximate surface area is 133 Å². The zero-order chi connectivity index (χ0) is 15.9. The maximum atomic E-state index is 12.8. The highest BCUT2D eigenvalue weighted by atomic mass is 32.1. The number of nitrogens with zero attached hydrogens (tertiary/aromatic N) is 2. The van der Waals surface area contributed by atoms with Crippen molar-refractivity contribution in [2.45, 2.75) is 45.1 Å². The first-order valence-corrected chi connectivity index (χ1v) is 8.45. The molecule has 1 spiro atoms. The first-order valence-electron chi connectivity index (χ1n) is 7.64. The molecule has 0 radical (unpaired) electrons. The number of carbonyl (C=O) groups is 2. The van der Waals surface area contributed by atoms with Gasteiger partial charge in [0.25, 0.3) is 5.91 Å². The molecule has 3 heterocycles. The molecule has 2 amide bonds. The van der Waals surface area contributed by atoms with Gasteiger partial charge in [-0.05, 0) is 19.8 Å². The number of piperidine rings is 1. The number of hydrogen-bond acceptors (Lipinski definition) is 5. The van der Waals surface area contributed by atoms with Crippen LogP contribution in [-0.2, 0) is 4.74 Å². The van der Waals surface area contributed by atoms with Crippen molar-refractivity contribution < 1.29 is 14.3 Å². The van der Waals surface area contributed by atoms with Crippen LogP contribution < -0.4 is 5.32 Å². The lowest BCUT2D eigenvalue weighted by Gasteiger charge is -2.38. The normalized spacial score (nSPS) is 24.7. The predicted octanol–water partition coefficient (Wildman–Crippen LogP) is 2.29. The Bertz CT molecular complexity index is 613. The van der Waals surface area contributed by atoms with E-state index in [1.54, 1.807) is 4.90 Å². The maximum absolute atomic E-state index is 12.8. The van der Waals surface area contributed by atoms with Crippen LogP contribution in [0.4, 0.5) is 4.79 Å². The second-order valence-corrected chi connectivity index (χ2v) is 7.41. The molecule has 0 unspecified atom stereocenters. The average Bonchev–Trinajstić information content (AvgIpc) is 3.02. The highest BCUT2D eigenvalue weighted by Crippen LogP contribution is 2.31. The molecule has 120 valence electrons. The van der Waals surface area contributed by atoms with Gasteiger partial charge in [0.15, 0.2) is 0 Å². The van der Waals surface area contributed by atoms with Crippen LogP contribution >= 0.6 is 11.3 Å². The highest BCUT2D eigenvalue weighted by molar-refractivity contribution is 7.13. The van der Waals surface area contributed by atoms with Crippen molar-refractivity contribution in [1.29, 1.82) is 0 Å².